The van der Waals surface area contributed by atoms with Crippen LogP contribution >= 0.6 is 7.94 Å². The maximum absolute atomic E-state index is 11.1. The largest absolute Gasteiger partial charge is 1.00 e. The molecule has 0 unspecified atom stereocenters. The van der Waals surface area contributed by atoms with Crippen LogP contribution in [-0.2, 0) is 16.1 Å². The SMILES string of the molecule is O=C(CN=C([O-])OCc1ccccc1)C[P+]([O-])([O-])O.[Na+].[Na+]. The van der Waals surface area contributed by atoms with E-state index in [0.717, 1.165) is 5.56 Å². The van der Waals surface area contributed by atoms with Crippen LogP contribution in [0.5, 0.6) is 0 Å². The summed E-state index contributed by atoms with van der Waals surface area (Å²) in [7, 11) is -4.66. The summed E-state index contributed by atoms with van der Waals surface area (Å²) in [4.78, 5) is 43.5. The summed E-state index contributed by atoms with van der Waals surface area (Å²) in [5.41, 5.74) is 0.761. The zero-order valence-electron chi connectivity index (χ0n) is 11.9. The summed E-state index contributed by atoms with van der Waals surface area (Å²) in [6, 6.07) is 8.86. The number of hydrogen-bond donors (Lipinski definition) is 1. The van der Waals surface area contributed by atoms with Crippen molar-refractivity contribution in [1.29, 1.82) is 0 Å². The third kappa shape index (κ3) is 12.7. The molecule has 1 aromatic carbocycles. The zero-order valence-corrected chi connectivity index (χ0v) is 16.8. The number of ketones is 1. The quantitative estimate of drug-likeness (QED) is 0.239. The summed E-state index contributed by atoms with van der Waals surface area (Å²) in [6.45, 7) is -0.627. The van der Waals surface area contributed by atoms with Crippen LogP contribution in [0, 0.1) is 0 Å². The molecule has 0 radical (unpaired) electrons. The summed E-state index contributed by atoms with van der Waals surface area (Å²) in [5, 5.41) is 11.1. The minimum Gasteiger partial charge on any atom is -0.659 e. The molecule has 0 fully saturated rings. The van der Waals surface area contributed by atoms with E-state index in [1.165, 1.54) is 0 Å². The topological polar surface area (TPSA) is 128 Å². The van der Waals surface area contributed by atoms with Gasteiger partial charge in [0.25, 0.3) is 0 Å². The van der Waals surface area contributed by atoms with Gasteiger partial charge < -0.3 is 19.6 Å². The third-order valence-electron chi connectivity index (χ3n) is 1.97. The van der Waals surface area contributed by atoms with Crippen LogP contribution in [0.15, 0.2) is 35.3 Å². The van der Waals surface area contributed by atoms with Gasteiger partial charge in [-0.05, 0) is 5.56 Å². The van der Waals surface area contributed by atoms with E-state index in [9.17, 15) is 19.7 Å². The Bertz CT molecular complexity index is 452. The molecule has 0 atom stereocenters. The van der Waals surface area contributed by atoms with Gasteiger partial charge in [-0.1, -0.05) is 30.3 Å². The molecule has 104 valence electrons. The van der Waals surface area contributed by atoms with Crippen LogP contribution in [-0.4, -0.2) is 29.5 Å². The second-order valence-corrected chi connectivity index (χ2v) is 5.28. The van der Waals surface area contributed by atoms with Gasteiger partial charge in [0.05, 0.1) is 7.94 Å². The van der Waals surface area contributed by atoms with Crippen molar-refractivity contribution in [2.45, 2.75) is 6.61 Å². The average Bonchev–Trinajstić information content (AvgIpc) is 2.33. The first-order chi connectivity index (χ1) is 8.87. The molecule has 1 rings (SSSR count). The van der Waals surface area contributed by atoms with Gasteiger partial charge in [-0.3, -0.25) is 14.7 Å². The molecule has 0 aliphatic rings. The molecule has 1 N–H and O–H groups in total. The predicted octanol–water partition coefficient (Wildman–Crippen LogP) is -8.03. The van der Waals surface area contributed by atoms with Crippen molar-refractivity contribution in [3.05, 3.63) is 35.9 Å². The Labute approximate surface area is 167 Å². The van der Waals surface area contributed by atoms with E-state index >= 15 is 0 Å². The Morgan fingerprint density at radius 2 is 1.81 bits per heavy atom. The monoisotopic (exact) mass is 331 g/mol. The Hall–Kier alpha value is 0.470. The van der Waals surface area contributed by atoms with Crippen LogP contribution in [0.25, 0.3) is 0 Å². The number of Topliss-reactive ketones (excluding diaryl/α,β-unsaturated/α-hetero) is 1. The second-order valence-electron chi connectivity index (χ2n) is 3.69. The molecule has 10 heteroatoms. The van der Waals surface area contributed by atoms with E-state index in [-0.39, 0.29) is 65.7 Å². The maximum Gasteiger partial charge on any atom is 1.00 e. The van der Waals surface area contributed by atoms with Crippen LogP contribution in [0.4, 0.5) is 0 Å². The molecule has 0 spiro atoms. The molecular formula is C11H12NNa2O6P. The molecular weight excluding hydrogens is 319 g/mol. The summed E-state index contributed by atoms with van der Waals surface area (Å²) >= 11 is 0. The Morgan fingerprint density at radius 3 is 2.33 bits per heavy atom. The van der Waals surface area contributed by atoms with Gasteiger partial charge in [0.15, 0.2) is 5.78 Å². The molecule has 0 aliphatic carbocycles. The normalized spacial score (nSPS) is 11.1. The second kappa shape index (κ2) is 12.0. The molecule has 0 aromatic heterocycles. The zero-order chi connectivity index (χ0) is 14.3. The molecule has 0 amide bonds. The average molecular weight is 331 g/mol. The standard InChI is InChI=1S/C11H14NO6P.2Na/c13-10(8-19(15,16)17)6-12-11(14)18-7-9-4-2-1-3-5-9;;/h1-5H,6-8H2,(H,12,14)(H2,15,16,17);;/q;2*+1/p-2. The van der Waals surface area contributed by atoms with E-state index in [1.807, 2.05) is 6.07 Å². The van der Waals surface area contributed by atoms with E-state index in [1.54, 1.807) is 24.3 Å². The first-order valence-corrected chi connectivity index (χ1v) is 7.06. The number of carbonyl (C=O) groups excluding carboxylic acids is 1. The summed E-state index contributed by atoms with van der Waals surface area (Å²) in [5.74, 6) is -0.877. The Morgan fingerprint density at radius 1 is 1.24 bits per heavy atom. The van der Waals surface area contributed by atoms with Gasteiger partial charge in [0.1, 0.15) is 18.8 Å². The third-order valence-corrected chi connectivity index (χ3v) is 2.72. The number of carbonyl (C=O) groups is 1. The fraction of sp³-hybridized carbons (Fsp3) is 0.273. The molecule has 0 saturated heterocycles. The first-order valence-electron chi connectivity index (χ1n) is 5.29. The van der Waals surface area contributed by atoms with Crippen molar-refractivity contribution in [1.82, 2.24) is 0 Å². The maximum atomic E-state index is 11.1. The van der Waals surface area contributed by atoms with Crippen LogP contribution in [0.3, 0.4) is 0 Å². The van der Waals surface area contributed by atoms with E-state index in [0.29, 0.717) is 0 Å². The smallest absolute Gasteiger partial charge is 0.659 e. The minimum atomic E-state index is -4.66. The van der Waals surface area contributed by atoms with Gasteiger partial charge in [-0.15, -0.1) is 0 Å². The molecule has 21 heavy (non-hydrogen) atoms. The minimum absolute atomic E-state index is 0. The van der Waals surface area contributed by atoms with Crippen LogP contribution in [0.2, 0.25) is 0 Å². The van der Waals surface area contributed by atoms with Gasteiger partial charge in [-0.2, -0.15) is 0 Å². The number of benzene rings is 1. The number of ether oxygens (including phenoxy) is 1. The van der Waals surface area contributed by atoms with Crippen molar-refractivity contribution in [2.24, 2.45) is 4.99 Å². The van der Waals surface area contributed by atoms with Gasteiger partial charge in [-0.25, -0.2) is 0 Å². The molecule has 0 heterocycles. The van der Waals surface area contributed by atoms with E-state index < -0.39 is 32.5 Å². The number of aliphatic imine (C=N–C) groups is 1. The van der Waals surface area contributed by atoms with Gasteiger partial charge in [0.2, 0.25) is 0 Å². The van der Waals surface area contributed by atoms with Crippen molar-refractivity contribution in [2.75, 3.05) is 12.7 Å². The predicted molar refractivity (Wildman–Crippen MR) is 62.5 cm³/mol. The Balaban J connectivity index is 0. The molecule has 0 saturated carbocycles. The summed E-state index contributed by atoms with van der Waals surface area (Å²) in [6.07, 6.45) is -2.00. The fourth-order valence-electron chi connectivity index (χ4n) is 1.19. The van der Waals surface area contributed by atoms with Crippen molar-refractivity contribution >= 4 is 19.8 Å². The van der Waals surface area contributed by atoms with Crippen molar-refractivity contribution < 1.29 is 88.4 Å². The number of nitrogens with zero attached hydrogens (tertiary/aromatic N) is 1. The number of rotatable bonds is 6. The van der Waals surface area contributed by atoms with E-state index in [4.69, 9.17) is 9.63 Å². The fourth-order valence-corrected chi connectivity index (χ4v) is 1.74. The van der Waals surface area contributed by atoms with Gasteiger partial charge in [0, 0.05) is 6.61 Å². The molecule has 1 aromatic rings. The summed E-state index contributed by atoms with van der Waals surface area (Å²) < 4.78 is 4.74. The van der Waals surface area contributed by atoms with Crippen molar-refractivity contribution in [3.63, 3.8) is 0 Å². The van der Waals surface area contributed by atoms with Crippen molar-refractivity contribution in [3.8, 4) is 0 Å². The van der Waals surface area contributed by atoms with Gasteiger partial charge >= 0.3 is 59.1 Å². The molecule has 0 aliphatic heterocycles. The molecule has 0 bridgehead atoms. The number of hydrogen-bond acceptors (Lipinski definition) is 7. The van der Waals surface area contributed by atoms with E-state index in [2.05, 4.69) is 4.99 Å². The first kappa shape index (κ1) is 23.7. The molecule has 7 nitrogen and oxygen atoms in total. The van der Waals surface area contributed by atoms with Crippen LogP contribution in [0.1, 0.15) is 5.56 Å². The van der Waals surface area contributed by atoms with Crippen LogP contribution < -0.4 is 74.0 Å². The Kier molecular flexibility index (Phi) is 13.5.